The number of nitrogens with one attached hydrogen (secondary N) is 4. The first-order valence-corrected chi connectivity index (χ1v) is 20.1. The van der Waals surface area contributed by atoms with Crippen molar-refractivity contribution in [1.82, 2.24) is 44.5 Å². The summed E-state index contributed by atoms with van der Waals surface area (Å²) in [6.07, 6.45) is 13.7. The van der Waals surface area contributed by atoms with E-state index in [2.05, 4.69) is 92.3 Å². The molecule has 16 heteroatoms. The van der Waals surface area contributed by atoms with Crippen LogP contribution in [0.3, 0.4) is 0 Å². The molecule has 280 valence electrons. The van der Waals surface area contributed by atoms with E-state index in [1.54, 1.807) is 23.1 Å². The number of anilines is 4. The quantitative estimate of drug-likeness (QED) is 0.103. The van der Waals surface area contributed by atoms with Gasteiger partial charge in [-0.15, -0.1) is 0 Å². The van der Waals surface area contributed by atoms with Crippen molar-refractivity contribution in [2.45, 2.75) is 69.2 Å². The molecule has 6 aromatic rings. The Morgan fingerprint density at radius 1 is 0.852 bits per heavy atom. The normalized spacial score (nSPS) is 24.9. The molecule has 4 atom stereocenters. The maximum atomic E-state index is 10.8. The van der Waals surface area contributed by atoms with Gasteiger partial charge in [0.15, 0.2) is 11.3 Å². The summed E-state index contributed by atoms with van der Waals surface area (Å²) in [6, 6.07) is 13.3. The van der Waals surface area contributed by atoms with Crippen molar-refractivity contribution in [2.75, 3.05) is 41.0 Å². The molecule has 6 aromatic heterocycles. The summed E-state index contributed by atoms with van der Waals surface area (Å²) in [7, 11) is 2.05. The number of aliphatic hydroxyl groups excluding tert-OH is 1. The second-order valence-electron chi connectivity index (χ2n) is 14.9. The number of halogens is 2. The number of nitrogens with zero attached hydrogens (tertiary/aromatic N) is 9. The van der Waals surface area contributed by atoms with Crippen LogP contribution in [0.4, 0.5) is 23.3 Å². The molecule has 0 amide bonds. The van der Waals surface area contributed by atoms with Crippen molar-refractivity contribution in [2.24, 2.45) is 11.8 Å². The Labute approximate surface area is 329 Å². The molecule has 2 saturated carbocycles. The minimum absolute atomic E-state index is 0.0303. The van der Waals surface area contributed by atoms with Gasteiger partial charge in [-0.25, -0.2) is 9.97 Å². The van der Waals surface area contributed by atoms with E-state index in [1.807, 2.05) is 48.2 Å². The van der Waals surface area contributed by atoms with Crippen molar-refractivity contribution in [1.29, 1.82) is 0 Å². The number of aromatic nitrogens is 8. The van der Waals surface area contributed by atoms with Gasteiger partial charge in [-0.2, -0.15) is 19.2 Å². The standard InChI is InChI=1S/C38H43Br2N13O/c1-38(26-20-51(29(21-54)35(26)38)34-13-33(45-16-22-4-3-11-42-14-22)53-37(50-34)28(40)19-47-53)30-10-5-23(15-43-30)17-44-32-12-31(49-36-27(39)18-46-52(32)36)48-25-8-6-24(41-2)7-9-25/h3-5,10-15,18-19,24-26,29,35,41,44-45,54H,6-9,16-17,20-21H2,1-2H3,(H,48,49)/t24-,25-,26-,29+,35-,38?/m0/s1. The van der Waals surface area contributed by atoms with Gasteiger partial charge in [-0.1, -0.05) is 19.1 Å². The highest BCUT2D eigenvalue weighted by Crippen LogP contribution is 2.65. The fraction of sp³-hybridized carbons (Fsp3) is 0.421. The molecule has 0 radical (unpaired) electrons. The highest BCUT2D eigenvalue weighted by atomic mass is 79.9. The van der Waals surface area contributed by atoms with Crippen LogP contribution in [-0.2, 0) is 18.5 Å². The van der Waals surface area contributed by atoms with Crippen LogP contribution in [0.2, 0.25) is 0 Å². The van der Waals surface area contributed by atoms with E-state index >= 15 is 0 Å². The Balaban J connectivity index is 0.887. The molecule has 1 aliphatic heterocycles. The van der Waals surface area contributed by atoms with E-state index in [4.69, 9.17) is 15.0 Å². The lowest BCUT2D eigenvalue weighted by molar-refractivity contribution is 0.247. The first-order chi connectivity index (χ1) is 26.3. The van der Waals surface area contributed by atoms with Gasteiger partial charge in [-0.3, -0.25) is 9.97 Å². The topological polar surface area (TPSA) is 158 Å². The predicted molar refractivity (Wildman–Crippen MR) is 216 cm³/mol. The lowest BCUT2D eigenvalue weighted by atomic mass is 9.91. The minimum Gasteiger partial charge on any atom is -0.394 e. The first kappa shape index (κ1) is 35.3. The van der Waals surface area contributed by atoms with Crippen molar-refractivity contribution in [3.05, 3.63) is 93.1 Å². The summed E-state index contributed by atoms with van der Waals surface area (Å²) in [6.45, 7) is 4.28. The molecule has 9 rings (SSSR count). The monoisotopic (exact) mass is 855 g/mol. The zero-order chi connectivity index (χ0) is 37.0. The third-order valence-electron chi connectivity index (χ3n) is 11.9. The number of hydrogen-bond donors (Lipinski definition) is 5. The van der Waals surface area contributed by atoms with Crippen molar-refractivity contribution >= 4 is 66.4 Å². The molecule has 54 heavy (non-hydrogen) atoms. The van der Waals surface area contributed by atoms with E-state index in [-0.39, 0.29) is 24.0 Å². The molecular weight excluding hydrogens is 814 g/mol. The Bertz CT molecular complexity index is 2270. The Hall–Kier alpha value is -4.38. The number of fused-ring (bicyclic) bond motifs is 3. The third kappa shape index (κ3) is 6.35. The Morgan fingerprint density at radius 2 is 1.54 bits per heavy atom. The van der Waals surface area contributed by atoms with Gasteiger partial charge in [0.1, 0.15) is 23.3 Å². The molecule has 0 spiro atoms. The number of piperidine rings is 1. The molecule has 2 aliphatic carbocycles. The lowest BCUT2D eigenvalue weighted by Gasteiger charge is -2.32. The molecule has 14 nitrogen and oxygen atoms in total. The van der Waals surface area contributed by atoms with Gasteiger partial charge in [0.25, 0.3) is 0 Å². The van der Waals surface area contributed by atoms with E-state index in [0.29, 0.717) is 31.1 Å². The number of hydrogen-bond acceptors (Lipinski definition) is 12. The number of pyridine rings is 2. The largest absolute Gasteiger partial charge is 0.394 e. The molecule has 3 fully saturated rings. The van der Waals surface area contributed by atoms with Crippen molar-refractivity contribution in [3.8, 4) is 0 Å². The third-order valence-corrected chi connectivity index (χ3v) is 13.0. The van der Waals surface area contributed by atoms with E-state index < -0.39 is 0 Å². The van der Waals surface area contributed by atoms with Crippen LogP contribution in [0.1, 0.15) is 49.4 Å². The smallest absolute Gasteiger partial charge is 0.173 e. The fourth-order valence-corrected chi connectivity index (χ4v) is 9.49. The molecule has 3 aliphatic rings. The summed E-state index contributed by atoms with van der Waals surface area (Å²) in [4.78, 5) is 21.4. The van der Waals surface area contributed by atoms with Gasteiger partial charge < -0.3 is 31.3 Å². The highest BCUT2D eigenvalue weighted by Gasteiger charge is 2.70. The second-order valence-corrected chi connectivity index (χ2v) is 16.6. The minimum atomic E-state index is -0.135. The second kappa shape index (κ2) is 14.4. The average Bonchev–Trinajstić information content (AvgIpc) is 3.59. The maximum absolute atomic E-state index is 10.8. The summed E-state index contributed by atoms with van der Waals surface area (Å²) in [5.74, 6) is 3.93. The van der Waals surface area contributed by atoms with Crippen LogP contribution in [0.25, 0.3) is 11.3 Å². The van der Waals surface area contributed by atoms with Crippen LogP contribution >= 0.6 is 31.9 Å². The summed E-state index contributed by atoms with van der Waals surface area (Å²) < 4.78 is 5.30. The molecule has 5 N–H and O–H groups in total. The SMILES string of the molecule is CN[C@H]1CC[C@H](Nc2cc(NCc3ccc(C4(C)[C@@H]5[C@@H](CO)N(c6cc(NCc7cccnc7)n7ncc(Br)c7n6)C[C@@H]54)nc3)n3ncc(Br)c3n2)CC1. The lowest BCUT2D eigenvalue weighted by Crippen LogP contribution is -2.41. The van der Waals surface area contributed by atoms with Crippen LogP contribution in [0, 0.1) is 11.8 Å². The highest BCUT2D eigenvalue weighted by molar-refractivity contribution is 9.11. The van der Waals surface area contributed by atoms with Crippen molar-refractivity contribution < 1.29 is 5.11 Å². The van der Waals surface area contributed by atoms with E-state index in [0.717, 1.165) is 92.6 Å². The van der Waals surface area contributed by atoms with Gasteiger partial charge in [-0.05, 0) is 99.7 Å². The number of aliphatic hydroxyl groups is 1. The fourth-order valence-electron chi connectivity index (χ4n) is 8.79. The summed E-state index contributed by atoms with van der Waals surface area (Å²) in [5, 5.41) is 34.1. The van der Waals surface area contributed by atoms with Gasteiger partial charge in [0.05, 0.1) is 34.0 Å². The molecular formula is C38H43Br2N13O. The Morgan fingerprint density at radius 3 is 2.19 bits per heavy atom. The van der Waals surface area contributed by atoms with Gasteiger partial charge >= 0.3 is 0 Å². The zero-order valence-electron chi connectivity index (χ0n) is 30.1. The van der Waals surface area contributed by atoms with Gasteiger partial charge in [0.2, 0.25) is 0 Å². The predicted octanol–water partition coefficient (Wildman–Crippen LogP) is 5.64. The van der Waals surface area contributed by atoms with Crippen LogP contribution < -0.4 is 26.2 Å². The molecule has 0 bridgehead atoms. The maximum Gasteiger partial charge on any atom is 0.173 e. The summed E-state index contributed by atoms with van der Waals surface area (Å²) in [5.41, 5.74) is 4.55. The van der Waals surface area contributed by atoms with Gasteiger partial charge in [0, 0.05) is 73.6 Å². The van der Waals surface area contributed by atoms with E-state index in [1.165, 1.54) is 0 Å². The van der Waals surface area contributed by atoms with Crippen LogP contribution in [0.5, 0.6) is 0 Å². The Kier molecular flexibility index (Phi) is 9.40. The molecule has 0 aromatic carbocycles. The molecule has 1 saturated heterocycles. The number of rotatable bonds is 12. The van der Waals surface area contributed by atoms with E-state index in [9.17, 15) is 5.11 Å². The van der Waals surface area contributed by atoms with Crippen molar-refractivity contribution in [3.63, 3.8) is 0 Å². The molecule has 1 unspecified atom stereocenters. The molecule has 7 heterocycles. The summed E-state index contributed by atoms with van der Waals surface area (Å²) >= 11 is 7.26. The van der Waals surface area contributed by atoms with Crippen LogP contribution in [-0.4, -0.2) is 82.6 Å². The van der Waals surface area contributed by atoms with Crippen LogP contribution in [0.15, 0.2) is 76.3 Å². The average molecular weight is 858 g/mol. The first-order valence-electron chi connectivity index (χ1n) is 18.6. The zero-order valence-corrected chi connectivity index (χ0v) is 33.3.